The Morgan fingerprint density at radius 3 is 2.72 bits per heavy atom. The molecule has 1 unspecified atom stereocenters. The first kappa shape index (κ1) is 21.2. The second kappa shape index (κ2) is 10.3. The van der Waals surface area contributed by atoms with Gasteiger partial charge in [-0.05, 0) is 37.2 Å². The predicted octanol–water partition coefficient (Wildman–Crippen LogP) is 3.40. The smallest absolute Gasteiger partial charge is 0.387 e. The molecule has 1 N–H and O–H groups in total. The molecule has 1 amide bonds. The Balaban J connectivity index is 1.49. The van der Waals surface area contributed by atoms with E-state index >= 15 is 0 Å². The number of alkyl halides is 2. The molecule has 1 saturated heterocycles. The van der Waals surface area contributed by atoms with E-state index in [1.54, 1.807) is 6.07 Å². The second-order valence-corrected chi connectivity index (χ2v) is 7.24. The topological polar surface area (TPSA) is 44.8 Å². The van der Waals surface area contributed by atoms with Crippen molar-refractivity contribution < 1.29 is 18.3 Å². The molecule has 7 heteroatoms. The van der Waals surface area contributed by atoms with Crippen LogP contribution in [-0.2, 0) is 0 Å². The van der Waals surface area contributed by atoms with Gasteiger partial charge in [0.05, 0.1) is 0 Å². The van der Waals surface area contributed by atoms with Crippen molar-refractivity contribution in [2.45, 2.75) is 19.1 Å². The normalized spacial score (nSPS) is 18.0. The molecule has 0 bridgehead atoms. The SMILES string of the molecule is CN1CCN(CCCNC(=O)c2cccc(OC(F)F)c2)C(c2ccccc2)C1. The van der Waals surface area contributed by atoms with Crippen molar-refractivity contribution in [2.24, 2.45) is 0 Å². The van der Waals surface area contributed by atoms with E-state index in [2.05, 4.69) is 51.2 Å². The van der Waals surface area contributed by atoms with Gasteiger partial charge in [-0.25, -0.2) is 0 Å². The molecule has 0 spiro atoms. The highest BCUT2D eigenvalue weighted by Gasteiger charge is 2.25. The third-order valence-electron chi connectivity index (χ3n) is 5.11. The van der Waals surface area contributed by atoms with Crippen LogP contribution in [0.5, 0.6) is 5.75 Å². The summed E-state index contributed by atoms with van der Waals surface area (Å²) in [4.78, 5) is 17.1. The first-order valence-electron chi connectivity index (χ1n) is 9.83. The minimum atomic E-state index is -2.91. The van der Waals surface area contributed by atoms with Crippen LogP contribution in [0.3, 0.4) is 0 Å². The van der Waals surface area contributed by atoms with Crippen LogP contribution in [0, 0.1) is 0 Å². The minimum Gasteiger partial charge on any atom is -0.435 e. The molecule has 1 atom stereocenters. The maximum Gasteiger partial charge on any atom is 0.387 e. The number of halogens is 2. The number of nitrogens with zero attached hydrogens (tertiary/aromatic N) is 2. The molecule has 5 nitrogen and oxygen atoms in total. The number of amides is 1. The Bertz CT molecular complexity index is 789. The Kier molecular flexibility index (Phi) is 7.55. The first-order valence-corrected chi connectivity index (χ1v) is 9.83. The summed E-state index contributed by atoms with van der Waals surface area (Å²) in [5.74, 6) is -0.307. The number of likely N-dealkylation sites (N-methyl/N-ethyl adjacent to an activating group) is 1. The molecule has 2 aromatic rings. The molecule has 0 aromatic heterocycles. The van der Waals surface area contributed by atoms with E-state index in [9.17, 15) is 13.6 Å². The summed E-state index contributed by atoms with van der Waals surface area (Å²) >= 11 is 0. The van der Waals surface area contributed by atoms with Crippen molar-refractivity contribution in [3.8, 4) is 5.75 Å². The number of benzene rings is 2. The molecule has 156 valence electrons. The average Bonchev–Trinajstić information content (AvgIpc) is 2.72. The third-order valence-corrected chi connectivity index (χ3v) is 5.11. The fourth-order valence-electron chi connectivity index (χ4n) is 3.62. The van der Waals surface area contributed by atoms with E-state index in [0.29, 0.717) is 18.2 Å². The van der Waals surface area contributed by atoms with Gasteiger partial charge in [-0.15, -0.1) is 0 Å². The van der Waals surface area contributed by atoms with E-state index in [-0.39, 0.29) is 11.7 Å². The minimum absolute atomic E-state index is 0.0178. The van der Waals surface area contributed by atoms with Crippen LogP contribution in [0.4, 0.5) is 8.78 Å². The molecule has 1 fully saturated rings. The largest absolute Gasteiger partial charge is 0.435 e. The van der Waals surface area contributed by atoms with Gasteiger partial charge >= 0.3 is 6.61 Å². The summed E-state index contributed by atoms with van der Waals surface area (Å²) in [6.07, 6.45) is 0.812. The van der Waals surface area contributed by atoms with E-state index in [0.717, 1.165) is 32.6 Å². The highest BCUT2D eigenvalue weighted by molar-refractivity contribution is 5.94. The molecule has 0 saturated carbocycles. The molecule has 1 aliphatic rings. The fourth-order valence-corrected chi connectivity index (χ4v) is 3.62. The van der Waals surface area contributed by atoms with Crippen molar-refractivity contribution in [3.63, 3.8) is 0 Å². The van der Waals surface area contributed by atoms with Gasteiger partial charge in [0, 0.05) is 44.3 Å². The van der Waals surface area contributed by atoms with E-state index in [1.807, 2.05) is 6.07 Å². The summed E-state index contributed by atoms with van der Waals surface area (Å²) in [5.41, 5.74) is 1.61. The lowest BCUT2D eigenvalue weighted by molar-refractivity contribution is -0.0498. The zero-order chi connectivity index (χ0) is 20.6. The first-order chi connectivity index (χ1) is 14.0. The van der Waals surface area contributed by atoms with Crippen molar-refractivity contribution >= 4 is 5.91 Å². The van der Waals surface area contributed by atoms with Gasteiger partial charge in [-0.1, -0.05) is 36.4 Å². The van der Waals surface area contributed by atoms with Gasteiger partial charge in [-0.3, -0.25) is 9.69 Å². The second-order valence-electron chi connectivity index (χ2n) is 7.24. The van der Waals surface area contributed by atoms with Crippen molar-refractivity contribution in [1.29, 1.82) is 0 Å². The predicted molar refractivity (Wildman–Crippen MR) is 108 cm³/mol. The van der Waals surface area contributed by atoms with Crippen LogP contribution in [0.1, 0.15) is 28.4 Å². The van der Waals surface area contributed by atoms with Crippen LogP contribution in [0.2, 0.25) is 0 Å². The molecule has 29 heavy (non-hydrogen) atoms. The van der Waals surface area contributed by atoms with Gasteiger partial charge in [0.1, 0.15) is 5.75 Å². The van der Waals surface area contributed by atoms with Crippen LogP contribution >= 0.6 is 0 Å². The number of piperazine rings is 1. The molecule has 1 heterocycles. The Hall–Kier alpha value is -2.51. The zero-order valence-electron chi connectivity index (χ0n) is 16.6. The number of rotatable bonds is 8. The van der Waals surface area contributed by atoms with Crippen molar-refractivity contribution in [3.05, 3.63) is 65.7 Å². The standard InChI is InChI=1S/C22H27F2N3O2/c1-26-13-14-27(20(16-26)17-7-3-2-4-8-17)12-6-11-25-21(28)18-9-5-10-19(15-18)29-22(23)24/h2-5,7-10,15,20,22H,6,11-14,16H2,1H3,(H,25,28). The highest BCUT2D eigenvalue weighted by Crippen LogP contribution is 2.24. The Morgan fingerprint density at radius 2 is 1.97 bits per heavy atom. The van der Waals surface area contributed by atoms with Gasteiger partial charge in [0.25, 0.3) is 5.91 Å². The summed E-state index contributed by atoms with van der Waals surface area (Å²) < 4.78 is 29.0. The van der Waals surface area contributed by atoms with E-state index in [4.69, 9.17) is 0 Å². The van der Waals surface area contributed by atoms with Crippen LogP contribution in [0.25, 0.3) is 0 Å². The van der Waals surface area contributed by atoms with Crippen molar-refractivity contribution in [2.75, 3.05) is 39.8 Å². The molecule has 0 aliphatic carbocycles. The quantitative estimate of drug-likeness (QED) is 0.687. The molecule has 0 radical (unpaired) electrons. The highest BCUT2D eigenvalue weighted by atomic mass is 19.3. The van der Waals surface area contributed by atoms with Crippen LogP contribution < -0.4 is 10.1 Å². The van der Waals surface area contributed by atoms with Gasteiger partial charge in [-0.2, -0.15) is 8.78 Å². The summed E-state index contributed by atoms with van der Waals surface area (Å²) in [6, 6.07) is 16.7. The molecule has 1 aliphatic heterocycles. The lowest BCUT2D eigenvalue weighted by Gasteiger charge is -2.40. The molecular formula is C22H27F2N3O2. The van der Waals surface area contributed by atoms with Crippen molar-refractivity contribution in [1.82, 2.24) is 15.1 Å². The third kappa shape index (κ3) is 6.24. The maximum atomic E-state index is 12.3. The van der Waals surface area contributed by atoms with Crippen LogP contribution in [-0.4, -0.2) is 62.1 Å². The summed E-state index contributed by atoms with van der Waals surface area (Å²) in [6.45, 7) is 1.47. The number of ether oxygens (including phenoxy) is 1. The van der Waals surface area contributed by atoms with Gasteiger partial charge < -0.3 is 15.0 Å². The summed E-state index contributed by atoms with van der Waals surface area (Å²) in [5, 5.41) is 2.86. The lowest BCUT2D eigenvalue weighted by atomic mass is 10.0. The number of nitrogens with one attached hydrogen (secondary N) is 1. The molecular weight excluding hydrogens is 376 g/mol. The number of carbonyl (C=O) groups is 1. The van der Waals surface area contributed by atoms with E-state index < -0.39 is 6.61 Å². The number of carbonyl (C=O) groups excluding carboxylic acids is 1. The van der Waals surface area contributed by atoms with Crippen LogP contribution in [0.15, 0.2) is 54.6 Å². The average molecular weight is 403 g/mol. The van der Waals surface area contributed by atoms with Gasteiger partial charge in [0.2, 0.25) is 0 Å². The Morgan fingerprint density at radius 1 is 1.17 bits per heavy atom. The maximum absolute atomic E-state index is 12.3. The van der Waals surface area contributed by atoms with Gasteiger partial charge in [0.15, 0.2) is 0 Å². The fraction of sp³-hybridized carbons (Fsp3) is 0.409. The Labute approximate surface area is 170 Å². The molecule has 3 rings (SSSR count). The molecule has 2 aromatic carbocycles. The monoisotopic (exact) mass is 403 g/mol. The number of hydrogen-bond donors (Lipinski definition) is 1. The zero-order valence-corrected chi connectivity index (χ0v) is 16.6. The number of hydrogen-bond acceptors (Lipinski definition) is 4. The lowest BCUT2D eigenvalue weighted by Crippen LogP contribution is -2.47. The summed E-state index contributed by atoms with van der Waals surface area (Å²) in [7, 11) is 2.14. The van der Waals surface area contributed by atoms with E-state index in [1.165, 1.54) is 23.8 Å².